The van der Waals surface area contributed by atoms with Crippen LogP contribution >= 0.6 is 0 Å². The number of rotatable bonds is 5. The molecule has 1 aliphatic rings. The highest BCUT2D eigenvalue weighted by atomic mass is 16.6. The van der Waals surface area contributed by atoms with Gasteiger partial charge in [0, 0.05) is 18.4 Å². The number of anilines is 1. The number of hydrogen-bond acceptors (Lipinski definition) is 5. The van der Waals surface area contributed by atoms with Crippen LogP contribution in [0.15, 0.2) is 24.3 Å². The molecule has 1 amide bonds. The Hall–Kier alpha value is -2.83. The van der Waals surface area contributed by atoms with Gasteiger partial charge >= 0.3 is 6.09 Å². The van der Waals surface area contributed by atoms with Gasteiger partial charge in [-0.05, 0) is 52.5 Å². The zero-order chi connectivity index (χ0) is 21.5. The molecule has 7 nitrogen and oxygen atoms in total. The molecule has 1 fully saturated rings. The lowest BCUT2D eigenvalue weighted by atomic mass is 9.76. The average Bonchev–Trinajstić information content (AvgIpc) is 2.98. The highest BCUT2D eigenvalue weighted by Crippen LogP contribution is 2.37. The second-order valence-electron chi connectivity index (χ2n) is 9.34. The van der Waals surface area contributed by atoms with Crippen molar-refractivity contribution in [1.29, 1.82) is 0 Å². The van der Waals surface area contributed by atoms with Crippen molar-refractivity contribution in [2.75, 3.05) is 5.73 Å². The second-order valence-corrected chi connectivity index (χ2v) is 9.34. The molecule has 2 aromatic heterocycles. The van der Waals surface area contributed by atoms with Crippen molar-refractivity contribution in [3.8, 4) is 0 Å². The molecular weight excluding hydrogens is 378 g/mol. The van der Waals surface area contributed by atoms with Crippen molar-refractivity contribution < 1.29 is 9.53 Å². The summed E-state index contributed by atoms with van der Waals surface area (Å²) in [5, 5.41) is 4.20. The van der Waals surface area contributed by atoms with E-state index >= 15 is 0 Å². The van der Waals surface area contributed by atoms with E-state index in [9.17, 15) is 4.79 Å². The summed E-state index contributed by atoms with van der Waals surface area (Å²) in [6.07, 6.45) is 4.35. The van der Waals surface area contributed by atoms with E-state index in [-0.39, 0.29) is 11.6 Å². The van der Waals surface area contributed by atoms with Crippen molar-refractivity contribution in [3.63, 3.8) is 0 Å². The number of amides is 1. The van der Waals surface area contributed by atoms with Gasteiger partial charge < -0.3 is 20.4 Å². The monoisotopic (exact) mass is 409 g/mol. The molecule has 1 aromatic carbocycles. The lowest BCUT2D eigenvalue weighted by Crippen LogP contribution is -2.57. The zero-order valence-electron chi connectivity index (χ0n) is 18.3. The van der Waals surface area contributed by atoms with Crippen molar-refractivity contribution in [2.45, 2.75) is 77.5 Å². The molecule has 1 aliphatic carbocycles. The van der Waals surface area contributed by atoms with Gasteiger partial charge in [0.25, 0.3) is 0 Å². The van der Waals surface area contributed by atoms with E-state index in [0.29, 0.717) is 12.4 Å². The summed E-state index contributed by atoms with van der Waals surface area (Å²) in [5.74, 6) is 1.43. The number of fused-ring (bicyclic) bond motifs is 3. The summed E-state index contributed by atoms with van der Waals surface area (Å²) in [6, 6.07) is 8.01. The van der Waals surface area contributed by atoms with Crippen LogP contribution in [0.3, 0.4) is 0 Å². The van der Waals surface area contributed by atoms with Gasteiger partial charge in [-0.2, -0.15) is 0 Å². The quantitative estimate of drug-likeness (QED) is 0.644. The molecule has 1 saturated carbocycles. The number of aromatic nitrogens is 3. The van der Waals surface area contributed by atoms with E-state index in [2.05, 4.69) is 27.9 Å². The van der Waals surface area contributed by atoms with E-state index in [1.807, 2.05) is 39.0 Å². The summed E-state index contributed by atoms with van der Waals surface area (Å²) in [4.78, 5) is 22.0. The fraction of sp³-hybridized carbons (Fsp3) is 0.522. The first kappa shape index (κ1) is 20.4. The van der Waals surface area contributed by atoms with Gasteiger partial charge in [0.1, 0.15) is 16.9 Å². The number of carbonyl (C=O) groups is 1. The van der Waals surface area contributed by atoms with Crippen LogP contribution in [0.25, 0.3) is 21.9 Å². The van der Waals surface area contributed by atoms with E-state index in [4.69, 9.17) is 15.5 Å². The fourth-order valence-corrected chi connectivity index (χ4v) is 4.24. The lowest BCUT2D eigenvalue weighted by molar-refractivity contribution is 0.0358. The molecule has 7 heteroatoms. The van der Waals surface area contributed by atoms with Crippen LogP contribution < -0.4 is 11.1 Å². The summed E-state index contributed by atoms with van der Waals surface area (Å²) < 4.78 is 7.78. The Balaban J connectivity index is 1.79. The van der Waals surface area contributed by atoms with E-state index in [0.717, 1.165) is 59.9 Å². The van der Waals surface area contributed by atoms with Gasteiger partial charge in [0.15, 0.2) is 5.82 Å². The van der Waals surface area contributed by atoms with Crippen LogP contribution in [0.2, 0.25) is 0 Å². The maximum Gasteiger partial charge on any atom is 0.408 e. The number of carbonyl (C=O) groups excluding carboxylic acids is 1. The van der Waals surface area contributed by atoms with Crippen molar-refractivity contribution in [1.82, 2.24) is 19.9 Å². The molecule has 3 aromatic rings. The number of aryl methyl sites for hydroxylation is 1. The first-order chi connectivity index (χ1) is 14.2. The van der Waals surface area contributed by atoms with Crippen molar-refractivity contribution in [2.24, 2.45) is 0 Å². The van der Waals surface area contributed by atoms with Crippen LogP contribution in [-0.4, -0.2) is 31.8 Å². The molecule has 0 saturated heterocycles. The van der Waals surface area contributed by atoms with Crippen LogP contribution in [0.5, 0.6) is 0 Å². The predicted octanol–water partition coefficient (Wildman–Crippen LogP) is 4.57. The number of benzene rings is 1. The molecule has 0 radical (unpaired) electrons. The minimum Gasteiger partial charge on any atom is -0.444 e. The number of ether oxygens (including phenoxy) is 1. The highest BCUT2D eigenvalue weighted by Gasteiger charge is 2.41. The molecule has 160 valence electrons. The standard InChI is InChI=1S/C23H31N5O2/c1-5-9-17-26-18-19(15-10-6-7-11-16(15)25-20(18)24)28(17)14-23(12-8-13-23)27-21(29)30-22(2,3)4/h6-7,10-11H,5,8-9,12-14H2,1-4H3,(H2,24,25)(H,27,29). The number of nitrogens with two attached hydrogens (primary N) is 1. The van der Waals surface area contributed by atoms with Crippen LogP contribution in [0, 0.1) is 0 Å². The Labute approximate surface area is 177 Å². The van der Waals surface area contributed by atoms with E-state index < -0.39 is 5.60 Å². The van der Waals surface area contributed by atoms with Crippen LogP contribution in [0.4, 0.5) is 10.6 Å². The first-order valence-corrected chi connectivity index (χ1v) is 10.8. The number of hydrogen-bond donors (Lipinski definition) is 2. The number of para-hydroxylation sites is 1. The van der Waals surface area contributed by atoms with Gasteiger partial charge in [0.2, 0.25) is 0 Å². The number of imidazole rings is 1. The normalized spacial score (nSPS) is 15.9. The summed E-state index contributed by atoms with van der Waals surface area (Å²) >= 11 is 0. The van der Waals surface area contributed by atoms with Gasteiger partial charge in [-0.25, -0.2) is 14.8 Å². The smallest absolute Gasteiger partial charge is 0.408 e. The maximum atomic E-state index is 12.5. The zero-order valence-corrected chi connectivity index (χ0v) is 18.3. The SMILES string of the molecule is CCCc1nc2c(N)nc3ccccc3c2n1CC1(NC(=O)OC(C)(C)C)CCC1. The van der Waals surface area contributed by atoms with Crippen LogP contribution in [-0.2, 0) is 17.7 Å². The third-order valence-corrected chi connectivity index (χ3v) is 5.70. The Bertz CT molecular complexity index is 1090. The Morgan fingerprint density at radius 2 is 2.00 bits per heavy atom. The molecule has 0 spiro atoms. The number of alkyl carbamates (subject to hydrolysis) is 1. The molecule has 2 heterocycles. The second kappa shape index (κ2) is 7.45. The van der Waals surface area contributed by atoms with E-state index in [1.54, 1.807) is 0 Å². The Morgan fingerprint density at radius 3 is 2.63 bits per heavy atom. The topological polar surface area (TPSA) is 95.1 Å². The molecule has 4 rings (SSSR count). The molecule has 0 aliphatic heterocycles. The van der Waals surface area contributed by atoms with Gasteiger partial charge in [-0.3, -0.25) is 0 Å². The average molecular weight is 410 g/mol. The maximum absolute atomic E-state index is 12.5. The summed E-state index contributed by atoms with van der Waals surface area (Å²) in [5.41, 5.74) is 8.02. The number of pyridine rings is 1. The molecule has 0 unspecified atom stereocenters. The minimum absolute atomic E-state index is 0.336. The number of nitrogens with one attached hydrogen (secondary N) is 1. The molecule has 30 heavy (non-hydrogen) atoms. The lowest BCUT2D eigenvalue weighted by Gasteiger charge is -2.43. The van der Waals surface area contributed by atoms with Gasteiger partial charge in [-0.15, -0.1) is 0 Å². The first-order valence-electron chi connectivity index (χ1n) is 10.8. The summed E-state index contributed by atoms with van der Waals surface area (Å²) in [7, 11) is 0. The number of nitrogen functional groups attached to an aromatic ring is 1. The fourth-order valence-electron chi connectivity index (χ4n) is 4.24. The third-order valence-electron chi connectivity index (χ3n) is 5.70. The minimum atomic E-state index is -0.527. The molecule has 0 bridgehead atoms. The third kappa shape index (κ3) is 3.80. The summed E-state index contributed by atoms with van der Waals surface area (Å²) in [6.45, 7) is 8.42. The highest BCUT2D eigenvalue weighted by molar-refractivity contribution is 6.06. The molecule has 3 N–H and O–H groups in total. The predicted molar refractivity (Wildman–Crippen MR) is 119 cm³/mol. The van der Waals surface area contributed by atoms with Gasteiger partial charge in [0.05, 0.1) is 16.6 Å². The van der Waals surface area contributed by atoms with Crippen LogP contribution in [0.1, 0.15) is 59.2 Å². The van der Waals surface area contributed by atoms with Crippen molar-refractivity contribution in [3.05, 3.63) is 30.1 Å². The number of nitrogens with zero attached hydrogens (tertiary/aromatic N) is 3. The molecule has 0 atom stereocenters. The van der Waals surface area contributed by atoms with Gasteiger partial charge in [-0.1, -0.05) is 25.1 Å². The molecular formula is C23H31N5O2. The largest absolute Gasteiger partial charge is 0.444 e. The van der Waals surface area contributed by atoms with E-state index in [1.165, 1.54) is 0 Å². The van der Waals surface area contributed by atoms with Crippen molar-refractivity contribution >= 4 is 33.8 Å². The Morgan fingerprint density at radius 1 is 1.27 bits per heavy atom. The Kier molecular flexibility index (Phi) is 5.08.